The van der Waals surface area contributed by atoms with Crippen LogP contribution in [0.25, 0.3) is 0 Å². The molecule has 0 radical (unpaired) electrons. The van der Waals surface area contributed by atoms with Crippen LogP contribution in [0.15, 0.2) is 0 Å². The Hall–Kier alpha value is -1.36. The molecule has 0 aromatic rings. The van der Waals surface area contributed by atoms with Gasteiger partial charge in [0.25, 0.3) is 0 Å². The SMILES string of the molecule is N#CCNC(=O)CNCC(F)(F)C(F)F. The summed E-state index contributed by atoms with van der Waals surface area (Å²) in [5.74, 6) is -4.86. The fraction of sp³-hybridized carbons (Fsp3) is 0.714. The molecule has 0 saturated heterocycles. The van der Waals surface area contributed by atoms with Crippen molar-refractivity contribution in [3.63, 3.8) is 0 Å². The standard InChI is InChI=1S/C7H9F4N3O/c8-6(9)7(10,11)4-13-3-5(15)14-2-1-12/h6,13H,2-4H2,(H,14,15). The summed E-state index contributed by atoms with van der Waals surface area (Å²) < 4.78 is 47.7. The van der Waals surface area contributed by atoms with Crippen LogP contribution < -0.4 is 10.6 Å². The first kappa shape index (κ1) is 13.6. The number of hydrogen-bond acceptors (Lipinski definition) is 3. The Morgan fingerprint density at radius 1 is 1.47 bits per heavy atom. The normalized spacial score (nSPS) is 11.2. The van der Waals surface area contributed by atoms with Gasteiger partial charge in [-0.3, -0.25) is 4.79 Å². The van der Waals surface area contributed by atoms with Crippen LogP contribution in [0.3, 0.4) is 0 Å². The van der Waals surface area contributed by atoms with E-state index in [1.165, 1.54) is 0 Å². The minimum atomic E-state index is -4.16. The van der Waals surface area contributed by atoms with Gasteiger partial charge in [0.05, 0.1) is 19.2 Å². The van der Waals surface area contributed by atoms with E-state index in [0.29, 0.717) is 0 Å². The first-order valence-corrected chi connectivity index (χ1v) is 3.90. The van der Waals surface area contributed by atoms with E-state index in [0.717, 1.165) is 0 Å². The lowest BCUT2D eigenvalue weighted by Gasteiger charge is -2.15. The van der Waals surface area contributed by atoms with E-state index in [1.807, 2.05) is 5.32 Å². The lowest BCUT2D eigenvalue weighted by Crippen LogP contribution is -2.43. The maximum Gasteiger partial charge on any atom is 0.319 e. The Morgan fingerprint density at radius 2 is 2.07 bits per heavy atom. The molecular weight excluding hydrogens is 218 g/mol. The Labute approximate surface area is 83.2 Å². The predicted octanol–water partition coefficient (Wildman–Crippen LogP) is 0.116. The number of amides is 1. The molecule has 2 N–H and O–H groups in total. The molecule has 0 aliphatic heterocycles. The van der Waals surface area contributed by atoms with Crippen LogP contribution in [0.5, 0.6) is 0 Å². The summed E-state index contributed by atoms with van der Waals surface area (Å²) in [5, 5.41) is 12.0. The number of carbonyl (C=O) groups is 1. The van der Waals surface area contributed by atoms with Gasteiger partial charge in [0.1, 0.15) is 6.54 Å². The molecule has 0 aromatic carbocycles. The smallest absolute Gasteiger partial charge is 0.319 e. The molecule has 0 saturated carbocycles. The van der Waals surface area contributed by atoms with Crippen molar-refractivity contribution in [3.05, 3.63) is 0 Å². The third-order valence-electron chi connectivity index (χ3n) is 1.33. The van der Waals surface area contributed by atoms with Crippen LogP contribution in [-0.4, -0.2) is 37.9 Å². The molecule has 4 nitrogen and oxygen atoms in total. The number of halogens is 4. The topological polar surface area (TPSA) is 64.9 Å². The van der Waals surface area contributed by atoms with Gasteiger partial charge in [-0.15, -0.1) is 0 Å². The van der Waals surface area contributed by atoms with Crippen molar-refractivity contribution < 1.29 is 22.4 Å². The molecule has 0 bridgehead atoms. The second kappa shape index (κ2) is 6.19. The monoisotopic (exact) mass is 227 g/mol. The molecule has 0 aromatic heterocycles. The fourth-order valence-electron chi connectivity index (χ4n) is 0.620. The molecule has 8 heteroatoms. The van der Waals surface area contributed by atoms with Crippen LogP contribution in [0, 0.1) is 11.3 Å². The van der Waals surface area contributed by atoms with Gasteiger partial charge in [-0.05, 0) is 0 Å². The molecule has 15 heavy (non-hydrogen) atoms. The summed E-state index contributed by atoms with van der Waals surface area (Å²) >= 11 is 0. The van der Waals surface area contributed by atoms with E-state index in [9.17, 15) is 22.4 Å². The van der Waals surface area contributed by atoms with Gasteiger partial charge in [-0.25, -0.2) is 8.78 Å². The fourth-order valence-corrected chi connectivity index (χ4v) is 0.620. The van der Waals surface area contributed by atoms with Crippen molar-refractivity contribution in [2.24, 2.45) is 0 Å². The highest BCUT2D eigenvalue weighted by Gasteiger charge is 2.40. The van der Waals surface area contributed by atoms with Gasteiger partial charge >= 0.3 is 12.3 Å². The zero-order valence-corrected chi connectivity index (χ0v) is 7.57. The zero-order chi connectivity index (χ0) is 11.9. The third-order valence-corrected chi connectivity index (χ3v) is 1.33. The number of nitrogens with zero attached hydrogens (tertiary/aromatic N) is 1. The van der Waals surface area contributed by atoms with Crippen LogP contribution >= 0.6 is 0 Å². The number of nitriles is 1. The van der Waals surface area contributed by atoms with Gasteiger partial charge in [-0.1, -0.05) is 0 Å². The van der Waals surface area contributed by atoms with E-state index in [2.05, 4.69) is 5.32 Å². The average Bonchev–Trinajstić information content (AvgIpc) is 2.14. The highest BCUT2D eigenvalue weighted by molar-refractivity contribution is 5.78. The average molecular weight is 227 g/mol. The van der Waals surface area contributed by atoms with Gasteiger partial charge in [0.15, 0.2) is 0 Å². The van der Waals surface area contributed by atoms with Gasteiger partial charge in [0.2, 0.25) is 5.91 Å². The molecule has 0 unspecified atom stereocenters. The summed E-state index contributed by atoms with van der Waals surface area (Å²) in [7, 11) is 0. The number of carbonyl (C=O) groups excluding carboxylic acids is 1. The summed E-state index contributed by atoms with van der Waals surface area (Å²) in [6, 6.07) is 1.60. The molecule has 0 rings (SSSR count). The van der Waals surface area contributed by atoms with E-state index >= 15 is 0 Å². The van der Waals surface area contributed by atoms with Crippen molar-refractivity contribution in [2.45, 2.75) is 12.3 Å². The summed E-state index contributed by atoms with van der Waals surface area (Å²) in [6.45, 7) is -2.08. The molecule has 0 spiro atoms. The second-order valence-corrected chi connectivity index (χ2v) is 2.60. The first-order chi connectivity index (χ1) is 6.90. The van der Waals surface area contributed by atoms with E-state index in [1.54, 1.807) is 6.07 Å². The Kier molecular flexibility index (Phi) is 5.62. The molecule has 1 amide bonds. The Bertz CT molecular complexity index is 251. The molecule has 0 aliphatic carbocycles. The zero-order valence-electron chi connectivity index (χ0n) is 7.57. The van der Waals surface area contributed by atoms with Gasteiger partial charge in [0, 0.05) is 0 Å². The van der Waals surface area contributed by atoms with Gasteiger partial charge in [-0.2, -0.15) is 14.0 Å². The third kappa shape index (κ3) is 5.85. The predicted molar refractivity (Wildman–Crippen MR) is 42.4 cm³/mol. The molecule has 0 aliphatic rings. The summed E-state index contributed by atoms with van der Waals surface area (Å²) in [6.07, 6.45) is -3.77. The Balaban J connectivity index is 3.71. The largest absolute Gasteiger partial charge is 0.342 e. The molecule has 0 heterocycles. The summed E-state index contributed by atoms with van der Waals surface area (Å²) in [4.78, 5) is 10.7. The molecular formula is C7H9F4N3O. The van der Waals surface area contributed by atoms with E-state index in [-0.39, 0.29) is 6.54 Å². The molecule has 86 valence electrons. The highest BCUT2D eigenvalue weighted by Crippen LogP contribution is 2.21. The van der Waals surface area contributed by atoms with Gasteiger partial charge < -0.3 is 10.6 Å². The minimum Gasteiger partial charge on any atom is -0.342 e. The van der Waals surface area contributed by atoms with Crippen LogP contribution in [-0.2, 0) is 4.79 Å². The number of hydrogen-bond donors (Lipinski definition) is 2. The maximum absolute atomic E-state index is 12.3. The maximum atomic E-state index is 12.3. The second-order valence-electron chi connectivity index (χ2n) is 2.60. The lowest BCUT2D eigenvalue weighted by molar-refractivity contribution is -0.128. The first-order valence-electron chi connectivity index (χ1n) is 3.90. The lowest BCUT2D eigenvalue weighted by atomic mass is 10.3. The summed E-state index contributed by atoms with van der Waals surface area (Å²) in [5.41, 5.74) is 0. The van der Waals surface area contributed by atoms with Crippen LogP contribution in [0.4, 0.5) is 17.6 Å². The van der Waals surface area contributed by atoms with Crippen molar-refractivity contribution >= 4 is 5.91 Å². The quantitative estimate of drug-likeness (QED) is 0.500. The highest BCUT2D eigenvalue weighted by atomic mass is 19.3. The van der Waals surface area contributed by atoms with Crippen LogP contribution in [0.2, 0.25) is 0 Å². The van der Waals surface area contributed by atoms with Crippen LogP contribution in [0.1, 0.15) is 0 Å². The Morgan fingerprint density at radius 3 is 2.53 bits per heavy atom. The number of rotatable bonds is 6. The number of alkyl halides is 4. The van der Waals surface area contributed by atoms with Crippen molar-refractivity contribution in [1.82, 2.24) is 10.6 Å². The molecule has 0 fully saturated rings. The van der Waals surface area contributed by atoms with E-state index in [4.69, 9.17) is 5.26 Å². The van der Waals surface area contributed by atoms with Crippen molar-refractivity contribution in [2.75, 3.05) is 19.6 Å². The van der Waals surface area contributed by atoms with Crippen molar-refractivity contribution in [1.29, 1.82) is 5.26 Å². The van der Waals surface area contributed by atoms with Crippen molar-refractivity contribution in [3.8, 4) is 6.07 Å². The minimum absolute atomic E-state index is 0.258. The number of nitrogens with one attached hydrogen (secondary N) is 2. The van der Waals surface area contributed by atoms with E-state index < -0.39 is 31.3 Å². The molecule has 0 atom stereocenters.